The van der Waals surface area contributed by atoms with Crippen molar-refractivity contribution in [1.82, 2.24) is 0 Å². The summed E-state index contributed by atoms with van der Waals surface area (Å²) in [7, 11) is 0. The quantitative estimate of drug-likeness (QED) is 0.463. The van der Waals surface area contributed by atoms with E-state index >= 15 is 0 Å². The maximum absolute atomic E-state index is 11.0. The van der Waals surface area contributed by atoms with E-state index in [4.69, 9.17) is 4.74 Å². The van der Waals surface area contributed by atoms with Gasteiger partial charge in [-0.25, -0.2) is 4.79 Å². The molecule has 0 fully saturated rings. The molecule has 0 aromatic carbocycles. The minimum atomic E-state index is -0.220. The van der Waals surface area contributed by atoms with Crippen LogP contribution in [0.3, 0.4) is 0 Å². The molecule has 0 aliphatic heterocycles. The monoisotopic (exact) mass is 198 g/mol. The highest BCUT2D eigenvalue weighted by molar-refractivity contribution is 5.81. The number of unbranched alkanes of at least 4 members (excludes halogenated alkanes) is 1. The van der Waals surface area contributed by atoms with E-state index in [1.165, 1.54) is 19.3 Å². The summed E-state index contributed by atoms with van der Waals surface area (Å²) >= 11 is 0. The first-order chi connectivity index (χ1) is 6.74. The van der Waals surface area contributed by atoms with Crippen molar-refractivity contribution < 1.29 is 9.53 Å². The molecule has 0 N–H and O–H groups in total. The van der Waals surface area contributed by atoms with Crippen LogP contribution in [0.1, 0.15) is 46.5 Å². The molecule has 1 atom stereocenters. The molecule has 0 amide bonds. The Morgan fingerprint density at radius 1 is 1.36 bits per heavy atom. The Morgan fingerprint density at radius 3 is 2.57 bits per heavy atom. The van der Waals surface area contributed by atoms with E-state index in [0.29, 0.717) is 12.5 Å². The average molecular weight is 198 g/mol. The molecule has 0 aromatic heterocycles. The van der Waals surface area contributed by atoms with Gasteiger partial charge in [-0.2, -0.15) is 0 Å². The lowest BCUT2D eigenvalue weighted by molar-refractivity contribution is -0.137. The molecule has 14 heavy (non-hydrogen) atoms. The fourth-order valence-electron chi connectivity index (χ4n) is 1.31. The standard InChI is InChI=1S/C12H22O2/c1-4-7-8-11(5-2)9-10-12(13)14-6-3/h9-11H,4-8H2,1-3H3. The van der Waals surface area contributed by atoms with Gasteiger partial charge in [-0.05, 0) is 25.7 Å². The van der Waals surface area contributed by atoms with Gasteiger partial charge in [0, 0.05) is 6.08 Å². The summed E-state index contributed by atoms with van der Waals surface area (Å²) in [4.78, 5) is 11.0. The molecule has 82 valence electrons. The number of esters is 1. The van der Waals surface area contributed by atoms with Gasteiger partial charge in [0.15, 0.2) is 0 Å². The Kier molecular flexibility index (Phi) is 8.30. The highest BCUT2D eigenvalue weighted by Gasteiger charge is 2.02. The third-order valence-electron chi connectivity index (χ3n) is 2.24. The van der Waals surface area contributed by atoms with E-state index in [1.54, 1.807) is 6.08 Å². The largest absolute Gasteiger partial charge is 0.463 e. The topological polar surface area (TPSA) is 26.3 Å². The molecule has 0 rings (SSSR count). The Morgan fingerprint density at radius 2 is 2.07 bits per heavy atom. The molecule has 2 heteroatoms. The number of hydrogen-bond donors (Lipinski definition) is 0. The Hall–Kier alpha value is -0.790. The number of hydrogen-bond acceptors (Lipinski definition) is 2. The van der Waals surface area contributed by atoms with Gasteiger partial charge in [-0.15, -0.1) is 0 Å². The van der Waals surface area contributed by atoms with E-state index in [9.17, 15) is 4.79 Å². The van der Waals surface area contributed by atoms with Gasteiger partial charge in [-0.3, -0.25) is 0 Å². The van der Waals surface area contributed by atoms with Crippen LogP contribution in [0.4, 0.5) is 0 Å². The second-order valence-electron chi connectivity index (χ2n) is 3.42. The zero-order valence-electron chi connectivity index (χ0n) is 9.58. The fraction of sp³-hybridized carbons (Fsp3) is 0.750. The van der Waals surface area contributed by atoms with Crippen LogP contribution in [-0.2, 0) is 9.53 Å². The highest BCUT2D eigenvalue weighted by atomic mass is 16.5. The van der Waals surface area contributed by atoms with Crippen LogP contribution < -0.4 is 0 Å². The lowest BCUT2D eigenvalue weighted by atomic mass is 9.99. The second-order valence-corrected chi connectivity index (χ2v) is 3.42. The van der Waals surface area contributed by atoms with Crippen molar-refractivity contribution in [2.24, 2.45) is 5.92 Å². The van der Waals surface area contributed by atoms with Crippen molar-refractivity contribution in [2.45, 2.75) is 46.5 Å². The zero-order chi connectivity index (χ0) is 10.8. The Labute approximate surface area is 87.3 Å². The van der Waals surface area contributed by atoms with Gasteiger partial charge in [0.05, 0.1) is 6.61 Å². The first kappa shape index (κ1) is 13.2. The van der Waals surface area contributed by atoms with Crippen molar-refractivity contribution in [2.75, 3.05) is 6.61 Å². The van der Waals surface area contributed by atoms with Gasteiger partial charge in [0.25, 0.3) is 0 Å². The van der Waals surface area contributed by atoms with Crippen molar-refractivity contribution >= 4 is 5.97 Å². The molecule has 0 aromatic rings. The first-order valence-electron chi connectivity index (χ1n) is 5.59. The van der Waals surface area contributed by atoms with E-state index in [2.05, 4.69) is 13.8 Å². The van der Waals surface area contributed by atoms with Crippen LogP contribution in [0.25, 0.3) is 0 Å². The normalized spacial score (nSPS) is 13.1. The molecule has 0 aliphatic rings. The minimum absolute atomic E-state index is 0.220. The smallest absolute Gasteiger partial charge is 0.330 e. The molecular weight excluding hydrogens is 176 g/mol. The third kappa shape index (κ3) is 6.70. The van der Waals surface area contributed by atoms with Crippen LogP contribution in [0.2, 0.25) is 0 Å². The molecule has 0 saturated heterocycles. The van der Waals surface area contributed by atoms with Gasteiger partial charge in [0.1, 0.15) is 0 Å². The molecule has 0 aliphatic carbocycles. The summed E-state index contributed by atoms with van der Waals surface area (Å²) in [6, 6.07) is 0. The molecular formula is C12H22O2. The summed E-state index contributed by atoms with van der Waals surface area (Å²) in [5.74, 6) is 0.307. The number of allylic oxidation sites excluding steroid dienone is 1. The van der Waals surface area contributed by atoms with Crippen molar-refractivity contribution in [1.29, 1.82) is 0 Å². The van der Waals surface area contributed by atoms with Gasteiger partial charge in [0.2, 0.25) is 0 Å². The maximum atomic E-state index is 11.0. The van der Waals surface area contributed by atoms with E-state index in [0.717, 1.165) is 6.42 Å². The molecule has 0 bridgehead atoms. The van der Waals surface area contributed by atoms with E-state index < -0.39 is 0 Å². The number of ether oxygens (including phenoxy) is 1. The molecule has 0 heterocycles. The predicted molar refractivity (Wildman–Crippen MR) is 59.1 cm³/mol. The van der Waals surface area contributed by atoms with Crippen LogP contribution in [-0.4, -0.2) is 12.6 Å². The SMILES string of the molecule is CCCCC(C=CC(=O)OCC)CC. The number of rotatable bonds is 7. The van der Waals surface area contributed by atoms with Crippen molar-refractivity contribution in [3.05, 3.63) is 12.2 Å². The van der Waals surface area contributed by atoms with Crippen LogP contribution in [0, 0.1) is 5.92 Å². The van der Waals surface area contributed by atoms with E-state index in [-0.39, 0.29) is 5.97 Å². The number of carbonyl (C=O) groups excluding carboxylic acids is 1. The van der Waals surface area contributed by atoms with Gasteiger partial charge in [-0.1, -0.05) is 32.8 Å². The minimum Gasteiger partial charge on any atom is -0.463 e. The summed E-state index contributed by atoms with van der Waals surface area (Å²) in [6.07, 6.45) is 8.25. The summed E-state index contributed by atoms with van der Waals surface area (Å²) in [5, 5.41) is 0. The zero-order valence-corrected chi connectivity index (χ0v) is 9.58. The third-order valence-corrected chi connectivity index (χ3v) is 2.24. The van der Waals surface area contributed by atoms with Crippen molar-refractivity contribution in [3.63, 3.8) is 0 Å². The average Bonchev–Trinajstić information content (AvgIpc) is 2.19. The highest BCUT2D eigenvalue weighted by Crippen LogP contribution is 2.13. The van der Waals surface area contributed by atoms with Crippen LogP contribution >= 0.6 is 0 Å². The van der Waals surface area contributed by atoms with Gasteiger partial charge >= 0.3 is 5.97 Å². The lowest BCUT2D eigenvalue weighted by Crippen LogP contribution is -2.01. The Bertz CT molecular complexity index is 173. The summed E-state index contributed by atoms with van der Waals surface area (Å²) in [6.45, 7) is 6.60. The lowest BCUT2D eigenvalue weighted by Gasteiger charge is -2.07. The number of carbonyl (C=O) groups is 1. The van der Waals surface area contributed by atoms with Crippen LogP contribution in [0.15, 0.2) is 12.2 Å². The van der Waals surface area contributed by atoms with Gasteiger partial charge < -0.3 is 4.74 Å². The Balaban J connectivity index is 3.84. The van der Waals surface area contributed by atoms with Crippen molar-refractivity contribution in [3.8, 4) is 0 Å². The molecule has 1 unspecified atom stereocenters. The molecule has 0 saturated carbocycles. The molecule has 2 nitrogen and oxygen atoms in total. The summed E-state index contributed by atoms with van der Waals surface area (Å²) in [5.41, 5.74) is 0. The summed E-state index contributed by atoms with van der Waals surface area (Å²) < 4.78 is 4.82. The fourth-order valence-corrected chi connectivity index (χ4v) is 1.31. The molecule has 0 radical (unpaired) electrons. The van der Waals surface area contributed by atoms with Crippen LogP contribution in [0.5, 0.6) is 0 Å². The predicted octanol–water partition coefficient (Wildman–Crippen LogP) is 3.32. The molecule has 0 spiro atoms. The maximum Gasteiger partial charge on any atom is 0.330 e. The second kappa shape index (κ2) is 8.79. The van der Waals surface area contributed by atoms with E-state index in [1.807, 2.05) is 13.0 Å². The first-order valence-corrected chi connectivity index (χ1v) is 5.59.